The van der Waals surface area contributed by atoms with Gasteiger partial charge >= 0.3 is 11.9 Å². The average Bonchev–Trinajstić information content (AvgIpc) is 3.55. The van der Waals surface area contributed by atoms with Crippen molar-refractivity contribution in [3.05, 3.63) is 69.7 Å². The van der Waals surface area contributed by atoms with Crippen molar-refractivity contribution < 1.29 is 38.4 Å². The number of amides is 1. The predicted octanol–water partition coefficient (Wildman–Crippen LogP) is 7.01. The van der Waals surface area contributed by atoms with Crippen LogP contribution in [0.5, 0.6) is 17.2 Å². The molecule has 0 radical (unpaired) electrons. The summed E-state index contributed by atoms with van der Waals surface area (Å²) in [6.45, 7) is 8.76. The van der Waals surface area contributed by atoms with Crippen LogP contribution in [0.3, 0.4) is 0 Å². The molecule has 0 bridgehead atoms. The van der Waals surface area contributed by atoms with E-state index in [1.54, 1.807) is 56.3 Å². The molecule has 240 valence electrons. The molecule has 11 heteroatoms. The lowest BCUT2D eigenvalue weighted by atomic mass is 9.95. The van der Waals surface area contributed by atoms with Crippen LogP contribution in [0.15, 0.2) is 48.0 Å². The van der Waals surface area contributed by atoms with Crippen molar-refractivity contribution in [3.63, 3.8) is 0 Å². The largest absolute Gasteiger partial charge is 0.507 e. The number of nitrogens with zero attached hydrogens (tertiary/aromatic N) is 2. The Morgan fingerprint density at radius 2 is 1.67 bits per heavy atom. The second kappa shape index (κ2) is 15.6. The van der Waals surface area contributed by atoms with Gasteiger partial charge in [-0.15, -0.1) is 0 Å². The Labute approximate surface area is 267 Å². The molecule has 1 atom stereocenters. The van der Waals surface area contributed by atoms with Gasteiger partial charge in [-0.2, -0.15) is 0 Å². The minimum Gasteiger partial charge on any atom is -0.507 e. The van der Waals surface area contributed by atoms with Crippen LogP contribution in [-0.4, -0.2) is 54.7 Å². The molecule has 0 spiro atoms. The van der Waals surface area contributed by atoms with Gasteiger partial charge in [-0.05, 0) is 68.7 Å². The molecule has 1 aliphatic heterocycles. The lowest BCUT2D eigenvalue weighted by molar-refractivity contribution is -0.132. The molecule has 1 N–H and O–H groups in total. The van der Waals surface area contributed by atoms with E-state index in [2.05, 4.69) is 18.8 Å². The summed E-state index contributed by atoms with van der Waals surface area (Å²) in [5.74, 6) is -1.14. The number of esters is 1. The summed E-state index contributed by atoms with van der Waals surface area (Å²) in [4.78, 5) is 45.9. The van der Waals surface area contributed by atoms with Gasteiger partial charge in [-0.1, -0.05) is 50.5 Å². The molecule has 1 amide bonds. The zero-order valence-electron chi connectivity index (χ0n) is 26.4. The summed E-state index contributed by atoms with van der Waals surface area (Å²) in [5, 5.41) is 11.7. The van der Waals surface area contributed by atoms with Crippen molar-refractivity contribution in [1.82, 2.24) is 4.98 Å². The predicted molar refractivity (Wildman–Crippen MR) is 172 cm³/mol. The van der Waals surface area contributed by atoms with Gasteiger partial charge in [-0.25, -0.2) is 9.78 Å². The minimum atomic E-state index is -1.07. The zero-order valence-corrected chi connectivity index (χ0v) is 27.2. The Morgan fingerprint density at radius 1 is 0.956 bits per heavy atom. The van der Waals surface area contributed by atoms with E-state index in [0.717, 1.165) is 43.4 Å². The molecule has 4 rings (SSSR count). The van der Waals surface area contributed by atoms with E-state index in [4.69, 9.17) is 18.9 Å². The van der Waals surface area contributed by atoms with Crippen molar-refractivity contribution in [2.24, 2.45) is 0 Å². The minimum absolute atomic E-state index is 0.121. The number of methoxy groups -OCH3 is 1. The summed E-state index contributed by atoms with van der Waals surface area (Å²) < 4.78 is 22.5. The number of rotatable bonds is 15. The Kier molecular flexibility index (Phi) is 11.6. The molecule has 10 nitrogen and oxygen atoms in total. The monoisotopic (exact) mass is 636 g/mol. The van der Waals surface area contributed by atoms with Crippen LogP contribution in [-0.2, 0) is 14.3 Å². The van der Waals surface area contributed by atoms with Crippen LogP contribution >= 0.6 is 11.3 Å². The number of Topliss-reactive ketones (excluding diaryl/α,β-unsaturated/α-hetero) is 1. The molecule has 1 aromatic heterocycles. The maximum atomic E-state index is 13.7. The smallest absolute Gasteiger partial charge is 0.350 e. The van der Waals surface area contributed by atoms with Crippen LogP contribution in [0.1, 0.15) is 85.4 Å². The van der Waals surface area contributed by atoms with Gasteiger partial charge in [0.05, 0.1) is 44.2 Å². The first-order valence-electron chi connectivity index (χ1n) is 15.2. The molecule has 0 saturated carbocycles. The first kappa shape index (κ1) is 33.5. The van der Waals surface area contributed by atoms with E-state index in [0.29, 0.717) is 47.3 Å². The number of benzene rings is 2. The zero-order chi connectivity index (χ0) is 32.5. The number of carbonyl (C=O) groups excluding carboxylic acids is 3. The summed E-state index contributed by atoms with van der Waals surface area (Å²) >= 11 is 0.949. The number of anilines is 1. The highest BCUT2D eigenvalue weighted by molar-refractivity contribution is 7.17. The van der Waals surface area contributed by atoms with Crippen LogP contribution in [0.4, 0.5) is 5.13 Å². The van der Waals surface area contributed by atoms with Gasteiger partial charge in [-0.3, -0.25) is 14.5 Å². The fraction of sp³-hybridized carbons (Fsp3) is 0.412. The first-order chi connectivity index (χ1) is 21.7. The third-order valence-electron chi connectivity index (χ3n) is 7.30. The average molecular weight is 637 g/mol. The maximum absolute atomic E-state index is 13.7. The number of aliphatic hydroxyl groups is 1. The van der Waals surface area contributed by atoms with Crippen LogP contribution in [0.25, 0.3) is 5.76 Å². The molecule has 0 aliphatic carbocycles. The van der Waals surface area contributed by atoms with Crippen molar-refractivity contribution in [3.8, 4) is 17.2 Å². The molecule has 2 heterocycles. The Balaban J connectivity index is 1.82. The van der Waals surface area contributed by atoms with E-state index in [1.165, 1.54) is 12.0 Å². The quantitative estimate of drug-likeness (QED) is 0.0617. The molecule has 1 unspecified atom stereocenters. The lowest BCUT2D eigenvalue weighted by Crippen LogP contribution is -2.29. The number of aromatic nitrogens is 1. The van der Waals surface area contributed by atoms with Crippen LogP contribution in [0, 0.1) is 6.92 Å². The van der Waals surface area contributed by atoms with E-state index in [1.807, 2.05) is 0 Å². The van der Waals surface area contributed by atoms with Gasteiger partial charge in [0.15, 0.2) is 16.6 Å². The van der Waals surface area contributed by atoms with E-state index in [9.17, 15) is 19.5 Å². The van der Waals surface area contributed by atoms with Crippen molar-refractivity contribution in [1.29, 1.82) is 0 Å². The number of carbonyl (C=O) groups is 3. The highest BCUT2D eigenvalue weighted by Crippen LogP contribution is 2.45. The Morgan fingerprint density at radius 3 is 2.33 bits per heavy atom. The van der Waals surface area contributed by atoms with E-state index in [-0.39, 0.29) is 27.9 Å². The third-order valence-corrected chi connectivity index (χ3v) is 8.44. The molecule has 3 aromatic rings. The Bertz CT molecular complexity index is 1550. The number of hydrogen-bond donors (Lipinski definition) is 1. The fourth-order valence-corrected chi connectivity index (χ4v) is 5.91. The van der Waals surface area contributed by atoms with E-state index < -0.39 is 23.7 Å². The number of ether oxygens (including phenoxy) is 4. The maximum Gasteiger partial charge on any atom is 0.350 e. The normalized spacial score (nSPS) is 15.8. The number of unbranched alkanes of at least 4 members (excludes halogenated alkanes) is 3. The standard InChI is InChI=1S/C34H40N2O8S/c1-6-9-11-19-44-25-17-14-23(20-26(25)41-5)28-27(29(37)22-12-15-24(16-13-22)43-18-10-7-2)30(38)32(39)36(28)34-35-21(4)31(45-34)33(40)42-8-3/h12-17,20,28,37H,6-11,18-19H2,1-5H3. The second-order valence-corrected chi connectivity index (χ2v) is 11.5. The first-order valence-corrected chi connectivity index (χ1v) is 16.1. The summed E-state index contributed by atoms with van der Waals surface area (Å²) in [7, 11) is 1.51. The highest BCUT2D eigenvalue weighted by atomic mass is 32.1. The van der Waals surface area contributed by atoms with Crippen molar-refractivity contribution in [2.75, 3.05) is 31.8 Å². The molecule has 1 aliphatic rings. The number of aliphatic hydroxyl groups excluding tert-OH is 1. The summed E-state index contributed by atoms with van der Waals surface area (Å²) in [6, 6.07) is 10.8. The highest BCUT2D eigenvalue weighted by Gasteiger charge is 2.48. The molecular weight excluding hydrogens is 596 g/mol. The second-order valence-electron chi connectivity index (χ2n) is 10.5. The topological polar surface area (TPSA) is 124 Å². The molecule has 2 aromatic carbocycles. The summed E-state index contributed by atoms with van der Waals surface area (Å²) in [5.41, 5.74) is 1.06. The molecule has 45 heavy (non-hydrogen) atoms. The molecule has 1 fully saturated rings. The van der Waals surface area contributed by atoms with E-state index >= 15 is 0 Å². The van der Waals surface area contributed by atoms with Crippen molar-refractivity contribution >= 4 is 39.9 Å². The van der Waals surface area contributed by atoms with Gasteiger partial charge < -0.3 is 24.1 Å². The van der Waals surface area contributed by atoms with Crippen molar-refractivity contribution in [2.45, 2.75) is 65.8 Å². The number of aryl methyl sites for hydroxylation is 1. The summed E-state index contributed by atoms with van der Waals surface area (Å²) in [6.07, 6.45) is 4.87. The SMILES string of the molecule is CCCCCOc1ccc(C2C(=C(O)c3ccc(OCCCC)cc3)C(=O)C(=O)N2c2nc(C)c(C(=O)OCC)s2)cc1OC. The number of ketones is 1. The number of thiazole rings is 1. The van der Waals surface area contributed by atoms with Crippen LogP contribution < -0.4 is 19.1 Å². The number of hydrogen-bond acceptors (Lipinski definition) is 10. The lowest BCUT2D eigenvalue weighted by Gasteiger charge is -2.24. The van der Waals surface area contributed by atoms with Crippen LogP contribution in [0.2, 0.25) is 0 Å². The van der Waals surface area contributed by atoms with Gasteiger partial charge in [0.1, 0.15) is 16.4 Å². The third kappa shape index (κ3) is 7.47. The van der Waals surface area contributed by atoms with Gasteiger partial charge in [0, 0.05) is 5.56 Å². The fourth-order valence-electron chi connectivity index (χ4n) is 4.92. The molecular formula is C34H40N2O8S. The van der Waals surface area contributed by atoms with Gasteiger partial charge in [0.2, 0.25) is 0 Å². The Hall–Kier alpha value is -4.38. The molecule has 1 saturated heterocycles. The van der Waals surface area contributed by atoms with Gasteiger partial charge in [0.25, 0.3) is 5.78 Å².